The molecule has 0 saturated heterocycles. The van der Waals surface area contributed by atoms with Crippen molar-refractivity contribution in [3.05, 3.63) is 54.4 Å². The summed E-state index contributed by atoms with van der Waals surface area (Å²) < 4.78 is 43.5. The molecule has 1 heterocycles. The third-order valence-corrected chi connectivity index (χ3v) is 3.39. The number of hydrogen-bond acceptors (Lipinski definition) is 2. The zero-order valence-electron chi connectivity index (χ0n) is 14.6. The Kier molecular flexibility index (Phi) is 7.37. The Hall–Kier alpha value is -2.64. The Morgan fingerprint density at radius 2 is 1.92 bits per heavy atom. The minimum atomic E-state index is -4.35. The highest BCUT2D eigenvalue weighted by Crippen LogP contribution is 2.19. The molecular formula is C18H23F3N4O. The van der Waals surface area contributed by atoms with Gasteiger partial charge < -0.3 is 19.9 Å². The Bertz CT molecular complexity index is 684. The molecule has 0 amide bonds. The van der Waals surface area contributed by atoms with Crippen LogP contribution in [0.5, 0.6) is 5.75 Å². The van der Waals surface area contributed by atoms with E-state index in [1.165, 1.54) is 6.07 Å². The van der Waals surface area contributed by atoms with E-state index in [0.29, 0.717) is 25.6 Å². The lowest BCUT2D eigenvalue weighted by Gasteiger charge is -2.12. The zero-order valence-corrected chi connectivity index (χ0v) is 14.6. The van der Waals surface area contributed by atoms with E-state index in [0.717, 1.165) is 12.1 Å². The first kappa shape index (κ1) is 19.7. The fourth-order valence-electron chi connectivity index (χ4n) is 2.23. The molecule has 2 rings (SSSR count). The number of guanidine groups is 1. The Morgan fingerprint density at radius 3 is 2.62 bits per heavy atom. The molecule has 2 aromatic rings. The van der Waals surface area contributed by atoms with Crippen molar-refractivity contribution >= 4 is 5.96 Å². The van der Waals surface area contributed by atoms with Gasteiger partial charge in [-0.25, -0.2) is 4.99 Å². The SMILES string of the molecule is CCNC(=NCc1cccc(OCC(F)(F)F)c1)NCCn1cccc1. The van der Waals surface area contributed by atoms with Crippen molar-refractivity contribution in [2.24, 2.45) is 4.99 Å². The van der Waals surface area contributed by atoms with Gasteiger partial charge in [-0.1, -0.05) is 12.1 Å². The molecule has 0 radical (unpaired) electrons. The van der Waals surface area contributed by atoms with E-state index >= 15 is 0 Å². The van der Waals surface area contributed by atoms with E-state index in [1.807, 2.05) is 31.5 Å². The number of hydrogen-bond donors (Lipinski definition) is 2. The van der Waals surface area contributed by atoms with Crippen LogP contribution in [-0.2, 0) is 13.1 Å². The number of ether oxygens (including phenoxy) is 1. The number of aliphatic imine (C=N–C) groups is 1. The van der Waals surface area contributed by atoms with Gasteiger partial charge >= 0.3 is 6.18 Å². The molecule has 0 aliphatic heterocycles. The lowest BCUT2D eigenvalue weighted by atomic mass is 10.2. The van der Waals surface area contributed by atoms with Gasteiger partial charge in [0.2, 0.25) is 0 Å². The highest BCUT2D eigenvalue weighted by atomic mass is 19.4. The molecule has 142 valence electrons. The summed E-state index contributed by atoms with van der Waals surface area (Å²) in [6.45, 7) is 3.22. The summed E-state index contributed by atoms with van der Waals surface area (Å²) >= 11 is 0. The number of halogens is 3. The van der Waals surface area contributed by atoms with Crippen molar-refractivity contribution in [2.45, 2.75) is 26.2 Å². The lowest BCUT2D eigenvalue weighted by Crippen LogP contribution is -2.38. The van der Waals surface area contributed by atoms with Crippen molar-refractivity contribution in [1.29, 1.82) is 0 Å². The largest absolute Gasteiger partial charge is 0.484 e. The average Bonchev–Trinajstić information content (AvgIpc) is 3.11. The van der Waals surface area contributed by atoms with Gasteiger partial charge in [-0.15, -0.1) is 0 Å². The second-order valence-corrected chi connectivity index (χ2v) is 5.59. The highest BCUT2D eigenvalue weighted by molar-refractivity contribution is 5.79. The molecule has 0 fully saturated rings. The molecule has 1 aromatic carbocycles. The quantitative estimate of drug-likeness (QED) is 0.556. The van der Waals surface area contributed by atoms with Crippen molar-refractivity contribution in [2.75, 3.05) is 19.7 Å². The van der Waals surface area contributed by atoms with Crippen LogP contribution in [0, 0.1) is 0 Å². The van der Waals surface area contributed by atoms with Gasteiger partial charge in [0.1, 0.15) is 5.75 Å². The van der Waals surface area contributed by atoms with Crippen LogP contribution in [0.2, 0.25) is 0 Å². The second kappa shape index (κ2) is 9.74. The van der Waals surface area contributed by atoms with Crippen molar-refractivity contribution < 1.29 is 17.9 Å². The Balaban J connectivity index is 1.89. The lowest BCUT2D eigenvalue weighted by molar-refractivity contribution is -0.153. The highest BCUT2D eigenvalue weighted by Gasteiger charge is 2.28. The number of aromatic nitrogens is 1. The predicted molar refractivity (Wildman–Crippen MR) is 95.2 cm³/mol. The van der Waals surface area contributed by atoms with Crippen LogP contribution in [0.3, 0.4) is 0 Å². The molecule has 0 unspecified atom stereocenters. The van der Waals surface area contributed by atoms with Gasteiger partial charge in [0.15, 0.2) is 12.6 Å². The molecule has 0 saturated carbocycles. The van der Waals surface area contributed by atoms with Gasteiger partial charge in [0.05, 0.1) is 6.54 Å². The molecule has 0 spiro atoms. The van der Waals surface area contributed by atoms with E-state index in [9.17, 15) is 13.2 Å². The summed E-state index contributed by atoms with van der Waals surface area (Å²) in [7, 11) is 0. The molecule has 8 heteroatoms. The molecule has 0 aliphatic carbocycles. The van der Waals surface area contributed by atoms with E-state index in [1.54, 1.807) is 18.2 Å². The number of benzene rings is 1. The first-order valence-electron chi connectivity index (χ1n) is 8.37. The maximum absolute atomic E-state index is 12.2. The number of nitrogens with zero attached hydrogens (tertiary/aromatic N) is 2. The van der Waals surface area contributed by atoms with Crippen molar-refractivity contribution in [1.82, 2.24) is 15.2 Å². The molecule has 0 atom stereocenters. The van der Waals surface area contributed by atoms with Crippen LogP contribution in [0.1, 0.15) is 12.5 Å². The third-order valence-electron chi connectivity index (χ3n) is 3.39. The van der Waals surface area contributed by atoms with E-state index < -0.39 is 12.8 Å². The van der Waals surface area contributed by atoms with Crippen LogP contribution >= 0.6 is 0 Å². The molecule has 1 aromatic heterocycles. The molecule has 0 bridgehead atoms. The van der Waals surface area contributed by atoms with Crippen LogP contribution in [0.25, 0.3) is 0 Å². The van der Waals surface area contributed by atoms with Crippen LogP contribution in [0.4, 0.5) is 13.2 Å². The summed E-state index contributed by atoms with van der Waals surface area (Å²) in [6.07, 6.45) is -0.383. The molecule has 5 nitrogen and oxygen atoms in total. The van der Waals surface area contributed by atoms with Crippen LogP contribution in [0.15, 0.2) is 53.8 Å². The average molecular weight is 368 g/mol. The van der Waals surface area contributed by atoms with Gasteiger partial charge in [-0.2, -0.15) is 13.2 Å². The smallest absolute Gasteiger partial charge is 0.422 e. The molecule has 0 aliphatic rings. The van der Waals surface area contributed by atoms with E-state index in [-0.39, 0.29) is 5.75 Å². The van der Waals surface area contributed by atoms with Crippen LogP contribution < -0.4 is 15.4 Å². The van der Waals surface area contributed by atoms with E-state index in [2.05, 4.69) is 20.2 Å². The zero-order chi connectivity index (χ0) is 18.8. The minimum Gasteiger partial charge on any atom is -0.484 e. The Labute approximate surface area is 150 Å². The number of nitrogens with one attached hydrogen (secondary N) is 2. The number of alkyl halides is 3. The third kappa shape index (κ3) is 7.50. The predicted octanol–water partition coefficient (Wildman–Crippen LogP) is 3.18. The van der Waals surface area contributed by atoms with Gasteiger partial charge in [0, 0.05) is 32.0 Å². The second-order valence-electron chi connectivity index (χ2n) is 5.59. The Morgan fingerprint density at radius 1 is 1.15 bits per heavy atom. The monoisotopic (exact) mass is 368 g/mol. The summed E-state index contributed by atoms with van der Waals surface area (Å²) in [6, 6.07) is 10.5. The van der Waals surface area contributed by atoms with Crippen molar-refractivity contribution in [3.8, 4) is 5.75 Å². The number of rotatable bonds is 8. The standard InChI is InChI=1S/C18H23F3N4O/c1-2-22-17(23-8-11-25-9-3-4-10-25)24-13-15-6-5-7-16(12-15)26-14-18(19,20)21/h3-7,9-10,12H,2,8,11,13-14H2,1H3,(H2,22,23,24). The summed E-state index contributed by atoms with van der Waals surface area (Å²) in [5.74, 6) is 0.835. The van der Waals surface area contributed by atoms with Gasteiger partial charge in [-0.3, -0.25) is 0 Å². The maximum atomic E-state index is 12.2. The molecule has 2 N–H and O–H groups in total. The minimum absolute atomic E-state index is 0.181. The fraction of sp³-hybridized carbons (Fsp3) is 0.389. The topological polar surface area (TPSA) is 50.6 Å². The molecule has 26 heavy (non-hydrogen) atoms. The van der Waals surface area contributed by atoms with Crippen molar-refractivity contribution in [3.63, 3.8) is 0 Å². The van der Waals surface area contributed by atoms with Gasteiger partial charge in [-0.05, 0) is 36.8 Å². The summed E-state index contributed by atoms with van der Waals surface area (Å²) in [4.78, 5) is 4.46. The van der Waals surface area contributed by atoms with Crippen LogP contribution in [-0.4, -0.2) is 36.4 Å². The van der Waals surface area contributed by atoms with E-state index in [4.69, 9.17) is 4.74 Å². The summed E-state index contributed by atoms with van der Waals surface area (Å²) in [5.41, 5.74) is 0.771. The first-order chi connectivity index (χ1) is 12.5. The fourth-order valence-corrected chi connectivity index (χ4v) is 2.23. The first-order valence-corrected chi connectivity index (χ1v) is 8.37. The maximum Gasteiger partial charge on any atom is 0.422 e. The molecular weight excluding hydrogens is 345 g/mol. The normalized spacial score (nSPS) is 12.1. The summed E-state index contributed by atoms with van der Waals surface area (Å²) in [5, 5.41) is 6.37. The van der Waals surface area contributed by atoms with Gasteiger partial charge in [0.25, 0.3) is 0 Å².